The Bertz CT molecular complexity index is 2140. The molecule has 3 heterocycles. The molecule has 0 radical (unpaired) electrons. The Hall–Kier alpha value is -5.44. The minimum Gasteiger partial charge on any atom is -0.480 e. The van der Waals surface area contributed by atoms with E-state index >= 15 is 0 Å². The first kappa shape index (κ1) is 34.0. The third kappa shape index (κ3) is 7.38. The van der Waals surface area contributed by atoms with Gasteiger partial charge in [0.2, 0.25) is 5.88 Å². The van der Waals surface area contributed by atoms with Crippen molar-refractivity contribution in [2.45, 2.75) is 11.4 Å². The third-order valence-corrected chi connectivity index (χ3v) is 11.1. The molecule has 2 aliphatic heterocycles. The fourth-order valence-corrected chi connectivity index (χ4v) is 8.46. The van der Waals surface area contributed by atoms with E-state index in [1.54, 1.807) is 35.7 Å². The lowest BCUT2D eigenvalue weighted by Gasteiger charge is -2.49. The molecule has 7 rings (SSSR count). The van der Waals surface area contributed by atoms with Crippen molar-refractivity contribution in [1.29, 1.82) is 0 Å². The van der Waals surface area contributed by atoms with Crippen molar-refractivity contribution in [2.24, 2.45) is 10.2 Å². The molecule has 0 unspecified atom stereocenters. The summed E-state index contributed by atoms with van der Waals surface area (Å²) in [6.07, 6.45) is 0. The number of benzene rings is 4. The summed E-state index contributed by atoms with van der Waals surface area (Å²) in [7, 11) is 0. The largest absolute Gasteiger partial charge is 0.480 e. The number of hydrogen-bond donors (Lipinski definition) is 2. The molecule has 1 fully saturated rings. The average molecular weight is 736 g/mol. The summed E-state index contributed by atoms with van der Waals surface area (Å²) in [5, 5.41) is 17.7. The van der Waals surface area contributed by atoms with E-state index in [4.69, 9.17) is 9.47 Å². The molecule has 1 saturated heterocycles. The normalized spacial score (nSPS) is 16.8. The first-order chi connectivity index (χ1) is 25.0. The molecular formula is C37H29N5O6S3. The van der Waals surface area contributed by atoms with Crippen LogP contribution >= 0.6 is 34.9 Å². The number of carbonyl (C=O) groups is 4. The van der Waals surface area contributed by atoms with Gasteiger partial charge in [-0.1, -0.05) is 66.7 Å². The zero-order valence-corrected chi connectivity index (χ0v) is 29.2. The Morgan fingerprint density at radius 3 is 2.47 bits per heavy atom. The number of para-hydroxylation sites is 1. The number of β-lactam (4-membered cyclic amide) rings is 1. The molecule has 2 atom stereocenters. The van der Waals surface area contributed by atoms with Crippen molar-refractivity contribution >= 4 is 86.9 Å². The highest BCUT2D eigenvalue weighted by molar-refractivity contribution is 8.01. The standard InChI is InChI=1S/C37H29N5O6S3/c43-21-47-36-24(20-51-37-31(35(46)42(36)37)39-34(45)29-16-9-17-50-29)19-49-22-48-32-28(33(44)38-25-11-3-1-4-12-25)18-23-10-7-8-15-27(23)30(32)41-40-26-13-5-2-6-14-26/h1-18,21,31,37H,19-20,22H2,(H,38,44)(H,39,45)/t31-,37-/m1/s1. The number of hydrogen-bond acceptors (Lipinski definition) is 11. The predicted octanol–water partition coefficient (Wildman–Crippen LogP) is 7.74. The average Bonchev–Trinajstić information content (AvgIpc) is 3.71. The van der Waals surface area contributed by atoms with E-state index in [0.717, 1.165) is 16.3 Å². The van der Waals surface area contributed by atoms with Crippen LogP contribution in [0, 0.1) is 0 Å². The van der Waals surface area contributed by atoms with E-state index in [0.29, 0.717) is 39.9 Å². The minimum absolute atomic E-state index is 0.0945. The number of fused-ring (bicyclic) bond motifs is 2. The van der Waals surface area contributed by atoms with Crippen LogP contribution in [0.2, 0.25) is 0 Å². The zero-order valence-electron chi connectivity index (χ0n) is 26.8. The molecular weight excluding hydrogens is 707 g/mol. The highest BCUT2D eigenvalue weighted by Crippen LogP contribution is 2.43. The molecule has 3 amide bonds. The molecule has 0 spiro atoms. The Morgan fingerprint density at radius 1 is 0.941 bits per heavy atom. The van der Waals surface area contributed by atoms with Gasteiger partial charge in [0.25, 0.3) is 24.2 Å². The van der Waals surface area contributed by atoms with Gasteiger partial charge < -0.3 is 20.1 Å². The lowest BCUT2D eigenvalue weighted by atomic mass is 10.0. The number of nitrogens with one attached hydrogen (secondary N) is 2. The highest BCUT2D eigenvalue weighted by Gasteiger charge is 2.53. The van der Waals surface area contributed by atoms with Crippen LogP contribution in [0.1, 0.15) is 20.0 Å². The summed E-state index contributed by atoms with van der Waals surface area (Å²) in [5.74, 6) is 0.290. The SMILES string of the molecule is O=COC1=C(CSCOc2c(C(=O)Nc3ccccc3)cc3ccccc3c2N=Nc2ccccc2)CS[C@@H]2[C@H](NC(=O)c3cccs3)C(=O)N12. The number of azo groups is 1. The highest BCUT2D eigenvalue weighted by atomic mass is 32.2. The van der Waals surface area contributed by atoms with E-state index < -0.39 is 11.4 Å². The lowest BCUT2D eigenvalue weighted by molar-refractivity contribution is -0.148. The second kappa shape index (κ2) is 15.6. The van der Waals surface area contributed by atoms with Crippen molar-refractivity contribution in [3.8, 4) is 5.75 Å². The van der Waals surface area contributed by atoms with Crippen LogP contribution in [0.15, 0.2) is 130 Å². The lowest BCUT2D eigenvalue weighted by Crippen LogP contribution is -2.70. The molecule has 0 aliphatic carbocycles. The molecule has 11 nitrogen and oxygen atoms in total. The first-order valence-corrected chi connectivity index (χ1v) is 18.8. The maximum absolute atomic E-state index is 13.8. The van der Waals surface area contributed by atoms with E-state index in [9.17, 15) is 19.2 Å². The van der Waals surface area contributed by atoms with Crippen LogP contribution in [0.4, 0.5) is 17.1 Å². The zero-order chi connectivity index (χ0) is 35.2. The Labute approximate surface area is 305 Å². The number of amides is 3. The first-order valence-electron chi connectivity index (χ1n) is 15.7. The van der Waals surface area contributed by atoms with Crippen LogP contribution < -0.4 is 15.4 Å². The van der Waals surface area contributed by atoms with Crippen molar-refractivity contribution < 1.29 is 28.7 Å². The number of ether oxygens (including phenoxy) is 2. The number of rotatable bonds is 13. The second-order valence-corrected chi connectivity index (χ2v) is 14.2. The van der Waals surface area contributed by atoms with Gasteiger partial charge in [-0.2, -0.15) is 5.11 Å². The molecule has 2 aliphatic rings. The monoisotopic (exact) mass is 735 g/mol. The fourth-order valence-electron chi connectivity index (χ4n) is 5.62. The molecule has 2 N–H and O–H groups in total. The topological polar surface area (TPSA) is 139 Å². The van der Waals surface area contributed by atoms with Gasteiger partial charge >= 0.3 is 0 Å². The molecule has 1 aromatic heterocycles. The van der Waals surface area contributed by atoms with Crippen molar-refractivity contribution in [1.82, 2.24) is 10.2 Å². The number of thiophene rings is 1. The van der Waals surface area contributed by atoms with Crippen LogP contribution in [0.3, 0.4) is 0 Å². The fraction of sp³-hybridized carbons (Fsp3) is 0.135. The molecule has 0 saturated carbocycles. The maximum atomic E-state index is 13.8. The Morgan fingerprint density at radius 2 is 1.71 bits per heavy atom. The number of carbonyl (C=O) groups excluding carboxylic acids is 4. The van der Waals surface area contributed by atoms with Crippen molar-refractivity contribution in [2.75, 3.05) is 22.8 Å². The van der Waals surface area contributed by atoms with Crippen LogP contribution in [-0.4, -0.2) is 58.0 Å². The number of nitrogens with zero attached hydrogens (tertiary/aromatic N) is 3. The predicted molar refractivity (Wildman–Crippen MR) is 200 cm³/mol. The van der Waals surface area contributed by atoms with Gasteiger partial charge in [-0.25, -0.2) is 0 Å². The number of anilines is 1. The van der Waals surface area contributed by atoms with Crippen LogP contribution in [-0.2, 0) is 14.3 Å². The van der Waals surface area contributed by atoms with E-state index in [2.05, 4.69) is 20.9 Å². The van der Waals surface area contributed by atoms with Gasteiger partial charge in [-0.05, 0) is 47.2 Å². The van der Waals surface area contributed by atoms with E-state index in [1.807, 2.05) is 72.8 Å². The van der Waals surface area contributed by atoms with Gasteiger partial charge in [0.1, 0.15) is 23.0 Å². The van der Waals surface area contributed by atoms with E-state index in [-0.39, 0.29) is 40.9 Å². The van der Waals surface area contributed by atoms with E-state index in [1.165, 1.54) is 39.8 Å². The van der Waals surface area contributed by atoms with Crippen molar-refractivity contribution in [3.63, 3.8) is 0 Å². The summed E-state index contributed by atoms with van der Waals surface area (Å²) < 4.78 is 11.7. The molecule has 4 aromatic carbocycles. The van der Waals surface area contributed by atoms with Gasteiger partial charge in [-0.15, -0.1) is 40.0 Å². The summed E-state index contributed by atoms with van der Waals surface area (Å²) >= 11 is 4.14. The maximum Gasteiger partial charge on any atom is 0.299 e. The van der Waals surface area contributed by atoms with Crippen LogP contribution in [0.25, 0.3) is 10.8 Å². The Kier molecular flexibility index (Phi) is 10.4. The summed E-state index contributed by atoms with van der Waals surface area (Å²) in [5.41, 5.74) is 2.66. The molecule has 0 bridgehead atoms. The smallest absolute Gasteiger partial charge is 0.299 e. The quantitative estimate of drug-likeness (QED) is 0.0412. The Balaban J connectivity index is 1.12. The van der Waals surface area contributed by atoms with Crippen LogP contribution in [0.5, 0.6) is 5.75 Å². The van der Waals surface area contributed by atoms with Crippen molar-refractivity contribution in [3.05, 3.63) is 130 Å². The molecule has 51 heavy (non-hydrogen) atoms. The second-order valence-electron chi connectivity index (χ2n) is 11.3. The van der Waals surface area contributed by atoms with Gasteiger partial charge in [-0.3, -0.25) is 24.1 Å². The van der Waals surface area contributed by atoms with Gasteiger partial charge in [0, 0.05) is 28.2 Å². The summed E-state index contributed by atoms with van der Waals surface area (Å²) in [6, 6.07) is 30.5. The summed E-state index contributed by atoms with van der Waals surface area (Å²) in [6.45, 7) is 0.297. The molecule has 256 valence electrons. The minimum atomic E-state index is -0.732. The number of thioether (sulfide) groups is 2. The summed E-state index contributed by atoms with van der Waals surface area (Å²) in [4.78, 5) is 53.0. The van der Waals surface area contributed by atoms with Gasteiger partial charge in [0.15, 0.2) is 5.75 Å². The van der Waals surface area contributed by atoms with Gasteiger partial charge in [0.05, 0.1) is 16.1 Å². The molecule has 14 heteroatoms. The third-order valence-electron chi connectivity index (χ3n) is 8.02. The molecule has 5 aromatic rings.